The number of carbonyl (C=O) groups is 2. The minimum Gasteiger partial charge on any atom is -0.347 e. The molecule has 116 valence electrons. The molecule has 0 spiro atoms. The molecule has 21 heavy (non-hydrogen) atoms. The van der Waals surface area contributed by atoms with E-state index in [1.807, 2.05) is 32.0 Å². The zero-order valence-corrected chi connectivity index (χ0v) is 13.1. The Morgan fingerprint density at radius 2 is 2.00 bits per heavy atom. The highest BCUT2D eigenvalue weighted by atomic mass is 16.2. The van der Waals surface area contributed by atoms with Gasteiger partial charge >= 0.3 is 6.03 Å². The van der Waals surface area contributed by atoms with Crippen LogP contribution in [-0.2, 0) is 4.79 Å². The van der Waals surface area contributed by atoms with Gasteiger partial charge in [-0.3, -0.25) is 4.79 Å². The molecule has 0 saturated carbocycles. The molecule has 6 heteroatoms. The second-order valence-electron chi connectivity index (χ2n) is 5.15. The Bertz CT molecular complexity index is 500. The van der Waals surface area contributed by atoms with Gasteiger partial charge in [0.1, 0.15) is 6.54 Å². The molecule has 1 aromatic rings. The maximum absolute atomic E-state index is 12.2. The number of amides is 3. The normalized spacial score (nSPS) is 11.7. The number of nitrogens with one attached hydrogen (secondary N) is 1. The number of hydrogen-bond donors (Lipinski definition) is 2. The maximum Gasteiger partial charge on any atom is 0.322 e. The van der Waals surface area contributed by atoms with Crippen LogP contribution in [0.5, 0.6) is 0 Å². The molecule has 0 saturated heterocycles. The smallest absolute Gasteiger partial charge is 0.322 e. The van der Waals surface area contributed by atoms with Gasteiger partial charge in [-0.05, 0) is 31.5 Å². The quantitative estimate of drug-likeness (QED) is 0.866. The van der Waals surface area contributed by atoms with Gasteiger partial charge in [-0.2, -0.15) is 0 Å². The van der Waals surface area contributed by atoms with Gasteiger partial charge in [0.2, 0.25) is 5.91 Å². The third-order valence-electron chi connectivity index (χ3n) is 3.16. The summed E-state index contributed by atoms with van der Waals surface area (Å²) in [5.41, 5.74) is 7.44. The first kappa shape index (κ1) is 17.0. The Balaban J connectivity index is 2.74. The summed E-state index contributed by atoms with van der Waals surface area (Å²) in [4.78, 5) is 26.8. The van der Waals surface area contributed by atoms with Crippen molar-refractivity contribution < 1.29 is 9.59 Å². The SMILES string of the molecule is CCN(CC(=O)N(C)C)C(=O)Nc1cccc(C(C)N)c1. The lowest BCUT2D eigenvalue weighted by Crippen LogP contribution is -2.42. The van der Waals surface area contributed by atoms with Gasteiger partial charge in [-0.15, -0.1) is 0 Å². The van der Waals surface area contributed by atoms with Crippen molar-refractivity contribution in [1.82, 2.24) is 9.80 Å². The molecular formula is C15H24N4O2. The van der Waals surface area contributed by atoms with Crippen molar-refractivity contribution in [3.63, 3.8) is 0 Å². The van der Waals surface area contributed by atoms with Gasteiger partial charge in [-0.1, -0.05) is 12.1 Å². The molecule has 0 radical (unpaired) electrons. The Morgan fingerprint density at radius 1 is 1.33 bits per heavy atom. The van der Waals surface area contributed by atoms with Crippen molar-refractivity contribution in [2.45, 2.75) is 19.9 Å². The summed E-state index contributed by atoms with van der Waals surface area (Å²) < 4.78 is 0. The van der Waals surface area contributed by atoms with Gasteiger partial charge in [0.25, 0.3) is 0 Å². The van der Waals surface area contributed by atoms with E-state index < -0.39 is 0 Å². The van der Waals surface area contributed by atoms with E-state index in [9.17, 15) is 9.59 Å². The van der Waals surface area contributed by atoms with Gasteiger partial charge < -0.3 is 20.9 Å². The Morgan fingerprint density at radius 3 is 2.52 bits per heavy atom. The van der Waals surface area contributed by atoms with Crippen molar-refractivity contribution in [2.75, 3.05) is 32.5 Å². The zero-order chi connectivity index (χ0) is 16.0. The molecule has 0 aliphatic carbocycles. The minimum atomic E-state index is -0.297. The first-order valence-electron chi connectivity index (χ1n) is 6.96. The number of carbonyl (C=O) groups excluding carboxylic acids is 2. The van der Waals surface area contributed by atoms with Crippen molar-refractivity contribution in [3.8, 4) is 0 Å². The Kier molecular flexibility index (Phi) is 6.17. The standard InChI is InChI=1S/C15H24N4O2/c1-5-19(10-14(20)18(3)4)15(21)17-13-8-6-7-12(9-13)11(2)16/h6-9,11H,5,10,16H2,1-4H3,(H,17,21). The fraction of sp³-hybridized carbons (Fsp3) is 0.467. The molecule has 1 aromatic carbocycles. The molecule has 3 amide bonds. The third-order valence-corrected chi connectivity index (χ3v) is 3.16. The third kappa shape index (κ3) is 5.07. The predicted molar refractivity (Wildman–Crippen MR) is 84.0 cm³/mol. The summed E-state index contributed by atoms with van der Waals surface area (Å²) in [6, 6.07) is 6.99. The van der Waals surface area contributed by atoms with Crippen molar-refractivity contribution in [2.24, 2.45) is 5.73 Å². The van der Waals surface area contributed by atoms with Crippen LogP contribution in [0.2, 0.25) is 0 Å². The monoisotopic (exact) mass is 292 g/mol. The summed E-state index contributed by atoms with van der Waals surface area (Å²) in [6.45, 7) is 4.23. The lowest BCUT2D eigenvalue weighted by molar-refractivity contribution is -0.129. The first-order valence-corrected chi connectivity index (χ1v) is 6.96. The van der Waals surface area contributed by atoms with Crippen LogP contribution in [0.1, 0.15) is 25.5 Å². The second kappa shape index (κ2) is 7.64. The van der Waals surface area contributed by atoms with Crippen LogP contribution in [0.3, 0.4) is 0 Å². The van der Waals surface area contributed by atoms with E-state index in [0.29, 0.717) is 12.2 Å². The summed E-state index contributed by atoms with van der Waals surface area (Å²) in [6.07, 6.45) is 0. The van der Waals surface area contributed by atoms with Crippen molar-refractivity contribution in [3.05, 3.63) is 29.8 Å². The number of likely N-dealkylation sites (N-methyl/N-ethyl adjacent to an activating group) is 2. The van der Waals surface area contributed by atoms with Gasteiger partial charge in [0, 0.05) is 32.4 Å². The topological polar surface area (TPSA) is 78.7 Å². The molecular weight excluding hydrogens is 268 g/mol. The summed E-state index contributed by atoms with van der Waals surface area (Å²) in [5.74, 6) is -0.115. The molecule has 0 bridgehead atoms. The largest absolute Gasteiger partial charge is 0.347 e. The van der Waals surface area contributed by atoms with Crippen LogP contribution >= 0.6 is 0 Å². The minimum absolute atomic E-state index is 0.0579. The number of nitrogens with zero attached hydrogens (tertiary/aromatic N) is 2. The maximum atomic E-state index is 12.2. The van der Waals surface area contributed by atoms with Crippen molar-refractivity contribution >= 4 is 17.6 Å². The number of nitrogens with two attached hydrogens (primary N) is 1. The average molecular weight is 292 g/mol. The average Bonchev–Trinajstić information content (AvgIpc) is 2.44. The van der Waals surface area contributed by atoms with Gasteiger partial charge in [0.05, 0.1) is 0 Å². The number of hydrogen-bond acceptors (Lipinski definition) is 3. The molecule has 0 aromatic heterocycles. The summed E-state index contributed by atoms with van der Waals surface area (Å²) in [7, 11) is 3.33. The van der Waals surface area contributed by atoms with Gasteiger partial charge in [-0.25, -0.2) is 4.79 Å². The van der Waals surface area contributed by atoms with Crippen LogP contribution in [0, 0.1) is 0 Å². The number of urea groups is 1. The number of benzene rings is 1. The van der Waals surface area contributed by atoms with Crippen LogP contribution in [0.25, 0.3) is 0 Å². The molecule has 6 nitrogen and oxygen atoms in total. The first-order chi connectivity index (χ1) is 9.85. The second-order valence-corrected chi connectivity index (χ2v) is 5.15. The van der Waals surface area contributed by atoms with E-state index in [1.165, 1.54) is 9.80 Å². The highest BCUT2D eigenvalue weighted by Crippen LogP contribution is 2.16. The molecule has 0 aliphatic heterocycles. The molecule has 1 rings (SSSR count). The lowest BCUT2D eigenvalue weighted by atomic mass is 10.1. The van der Waals surface area contributed by atoms with Crippen LogP contribution in [0.15, 0.2) is 24.3 Å². The highest BCUT2D eigenvalue weighted by molar-refractivity contribution is 5.92. The Labute approximate surface area is 125 Å². The fourth-order valence-corrected chi connectivity index (χ4v) is 1.73. The Hall–Kier alpha value is -2.08. The predicted octanol–water partition coefficient (Wildman–Crippen LogP) is 1.65. The molecule has 0 aliphatic rings. The van der Waals surface area contributed by atoms with Crippen LogP contribution < -0.4 is 11.1 Å². The molecule has 0 fully saturated rings. The van der Waals surface area contributed by atoms with Crippen LogP contribution in [0.4, 0.5) is 10.5 Å². The fourth-order valence-electron chi connectivity index (χ4n) is 1.73. The zero-order valence-electron chi connectivity index (χ0n) is 13.1. The van der Waals surface area contributed by atoms with E-state index in [-0.39, 0.29) is 24.5 Å². The van der Waals surface area contributed by atoms with E-state index in [0.717, 1.165) is 5.56 Å². The van der Waals surface area contributed by atoms with Crippen molar-refractivity contribution in [1.29, 1.82) is 0 Å². The summed E-state index contributed by atoms with van der Waals surface area (Å²) in [5, 5.41) is 2.79. The van der Waals surface area contributed by atoms with E-state index >= 15 is 0 Å². The van der Waals surface area contributed by atoms with E-state index in [2.05, 4.69) is 5.32 Å². The summed E-state index contributed by atoms with van der Waals surface area (Å²) >= 11 is 0. The number of anilines is 1. The molecule has 1 atom stereocenters. The molecule has 0 heterocycles. The van der Waals surface area contributed by atoms with Gasteiger partial charge in [0.15, 0.2) is 0 Å². The lowest BCUT2D eigenvalue weighted by Gasteiger charge is -2.22. The molecule has 1 unspecified atom stereocenters. The molecule has 3 N–H and O–H groups in total. The number of rotatable bonds is 5. The highest BCUT2D eigenvalue weighted by Gasteiger charge is 2.16. The van der Waals surface area contributed by atoms with Crippen LogP contribution in [-0.4, -0.2) is 48.9 Å². The van der Waals surface area contributed by atoms with E-state index in [4.69, 9.17) is 5.73 Å². The van der Waals surface area contributed by atoms with E-state index in [1.54, 1.807) is 20.2 Å².